The number of alkyl halides is 4. The normalized spacial score (nSPS) is 23.8. The molecule has 294 valence electrons. The molecule has 3 aliphatic heterocycles. The van der Waals surface area contributed by atoms with Crippen LogP contribution in [0.4, 0.5) is 17.6 Å². The Morgan fingerprint density at radius 1 is 0.982 bits per heavy atom. The van der Waals surface area contributed by atoms with Crippen molar-refractivity contribution in [3.8, 4) is 28.3 Å². The lowest BCUT2D eigenvalue weighted by Crippen LogP contribution is -2.64. The summed E-state index contributed by atoms with van der Waals surface area (Å²) in [5, 5.41) is 9.66. The van der Waals surface area contributed by atoms with Crippen LogP contribution in [0.1, 0.15) is 48.4 Å². The molecule has 4 atom stereocenters. The van der Waals surface area contributed by atoms with Crippen LogP contribution < -0.4 is 10.5 Å². The number of nitrogens with zero attached hydrogens (tertiary/aromatic N) is 4. The van der Waals surface area contributed by atoms with Crippen molar-refractivity contribution in [1.29, 1.82) is 0 Å². The van der Waals surface area contributed by atoms with Gasteiger partial charge in [0.15, 0.2) is 5.58 Å². The van der Waals surface area contributed by atoms with Gasteiger partial charge in [0.05, 0.1) is 5.66 Å². The fraction of sp³-hybridized carbons (Fsp3) is 0.390. The van der Waals surface area contributed by atoms with Crippen molar-refractivity contribution in [2.75, 3.05) is 19.6 Å². The zero-order valence-corrected chi connectivity index (χ0v) is 31.0. The maximum Gasteiger partial charge on any atom is 0.387 e. The average molecular weight is 776 g/mol. The number of oxazole rings is 1. The van der Waals surface area contributed by atoms with Crippen LogP contribution in [-0.4, -0.2) is 88.5 Å². The van der Waals surface area contributed by atoms with E-state index in [-0.39, 0.29) is 29.5 Å². The van der Waals surface area contributed by atoms with Crippen molar-refractivity contribution >= 4 is 23.0 Å². The third-order valence-electron chi connectivity index (χ3n) is 11.3. The van der Waals surface area contributed by atoms with Gasteiger partial charge >= 0.3 is 19.2 Å². The highest BCUT2D eigenvalue weighted by Gasteiger charge is 2.40. The zero-order chi connectivity index (χ0) is 39.5. The lowest BCUT2D eigenvalue weighted by Gasteiger charge is -2.48. The van der Waals surface area contributed by atoms with E-state index in [1.807, 2.05) is 68.1 Å². The molecule has 11 nitrogen and oxygen atoms in total. The van der Waals surface area contributed by atoms with Crippen LogP contribution in [-0.2, 0) is 20.8 Å². The number of rotatable bonds is 12. The van der Waals surface area contributed by atoms with E-state index in [2.05, 4.69) is 0 Å². The summed E-state index contributed by atoms with van der Waals surface area (Å²) >= 11 is 0. The van der Waals surface area contributed by atoms with Crippen molar-refractivity contribution in [3.05, 3.63) is 94.3 Å². The Kier molecular flexibility index (Phi) is 9.87. The standard InChI is InChI=1S/C41H41F4N5O6/c1-21-25(7-4-9-27(21)36-47-29-15-23(19-49-13-6-11-31(49)38(51)52)32(55-39(42)43)17-34(29)53-36)26-8-5-10-28(22(26)2)37-48-30-16-24(20-50-14-12-41(50,3)46)33(56-40(44)45)18-35(30)54-37/h4-5,7-10,15-18,30-31,35,39-40H,6,11-14,19-20,46H2,1-3H3,(H,51,52)/t30?,31-,35?,41?/m0/s1. The Balaban J connectivity index is 1.09. The first-order valence-electron chi connectivity index (χ1n) is 18.5. The minimum atomic E-state index is -3.09. The predicted octanol–water partition coefficient (Wildman–Crippen LogP) is 7.39. The van der Waals surface area contributed by atoms with Gasteiger partial charge in [0, 0.05) is 54.0 Å². The van der Waals surface area contributed by atoms with Crippen molar-refractivity contribution in [3.63, 3.8) is 0 Å². The fourth-order valence-electron chi connectivity index (χ4n) is 8.08. The van der Waals surface area contributed by atoms with E-state index in [0.29, 0.717) is 54.0 Å². The molecule has 0 spiro atoms. The lowest BCUT2D eigenvalue weighted by molar-refractivity contribution is -0.142. The number of aliphatic carboxylic acids is 1. The van der Waals surface area contributed by atoms with Gasteiger partial charge in [-0.3, -0.25) is 14.6 Å². The van der Waals surface area contributed by atoms with Crippen LogP contribution in [0.15, 0.2) is 81.4 Å². The van der Waals surface area contributed by atoms with Crippen molar-refractivity contribution in [1.82, 2.24) is 14.8 Å². The molecule has 3 unspecified atom stereocenters. The predicted molar refractivity (Wildman–Crippen MR) is 199 cm³/mol. The number of halogens is 4. The van der Waals surface area contributed by atoms with E-state index in [0.717, 1.165) is 40.8 Å². The molecule has 4 aliphatic rings. The number of carboxylic acid groups (broad SMARTS) is 1. The monoisotopic (exact) mass is 775 g/mol. The highest BCUT2D eigenvalue weighted by Crippen LogP contribution is 2.39. The maximum absolute atomic E-state index is 13.5. The van der Waals surface area contributed by atoms with Crippen molar-refractivity contribution < 1.29 is 46.1 Å². The molecule has 0 radical (unpaired) electrons. The molecule has 0 amide bonds. The molecule has 4 aromatic rings. The molecule has 0 saturated carbocycles. The molecule has 3 aromatic carbocycles. The molecule has 1 aliphatic carbocycles. The summed E-state index contributed by atoms with van der Waals surface area (Å²) in [6.45, 7) is 1.42. The first-order chi connectivity index (χ1) is 26.8. The van der Waals surface area contributed by atoms with Gasteiger partial charge in [-0.1, -0.05) is 24.3 Å². The minimum Gasteiger partial charge on any atom is -0.480 e. The summed E-state index contributed by atoms with van der Waals surface area (Å²) in [6.07, 6.45) is 4.71. The van der Waals surface area contributed by atoms with E-state index in [1.165, 1.54) is 6.07 Å². The summed E-state index contributed by atoms with van der Waals surface area (Å²) in [4.78, 5) is 25.2. The van der Waals surface area contributed by atoms with Crippen molar-refractivity contribution in [2.24, 2.45) is 10.7 Å². The Morgan fingerprint density at radius 3 is 2.34 bits per heavy atom. The van der Waals surface area contributed by atoms with Gasteiger partial charge in [0.25, 0.3) is 0 Å². The van der Waals surface area contributed by atoms with Crippen LogP contribution in [0.3, 0.4) is 0 Å². The minimum absolute atomic E-state index is 0.0601. The highest BCUT2D eigenvalue weighted by atomic mass is 19.3. The molecule has 4 heterocycles. The fourth-order valence-corrected chi connectivity index (χ4v) is 8.08. The second-order valence-corrected chi connectivity index (χ2v) is 14.9. The van der Waals surface area contributed by atoms with Gasteiger partial charge in [-0.2, -0.15) is 17.6 Å². The molecule has 0 bridgehead atoms. The second-order valence-electron chi connectivity index (χ2n) is 14.9. The van der Waals surface area contributed by atoms with E-state index in [4.69, 9.17) is 34.3 Å². The second kappa shape index (κ2) is 14.7. The van der Waals surface area contributed by atoms with Gasteiger partial charge < -0.3 is 29.5 Å². The van der Waals surface area contributed by atoms with Crippen LogP contribution in [0.25, 0.3) is 33.7 Å². The van der Waals surface area contributed by atoms with Gasteiger partial charge in [-0.15, -0.1) is 0 Å². The zero-order valence-electron chi connectivity index (χ0n) is 31.0. The lowest BCUT2D eigenvalue weighted by atomic mass is 9.91. The first-order valence-corrected chi connectivity index (χ1v) is 18.5. The van der Waals surface area contributed by atoms with E-state index < -0.39 is 43.0 Å². The SMILES string of the molecule is Cc1c(C2=NC3C=C(CN4CCC4(C)N)C(OC(F)F)=CC3O2)cccc1-c1cccc(-c2nc3cc(CN4CCC[C@H]4C(=O)O)c(OC(F)F)cc3o2)c1C. The Morgan fingerprint density at radius 2 is 1.68 bits per heavy atom. The number of hydrogen-bond acceptors (Lipinski definition) is 10. The molecule has 2 saturated heterocycles. The summed E-state index contributed by atoms with van der Waals surface area (Å²) in [5.41, 5.74) is 12.3. The molecule has 8 rings (SSSR count). The Bertz CT molecular complexity index is 2290. The molecule has 15 heteroatoms. The smallest absolute Gasteiger partial charge is 0.387 e. The van der Waals surface area contributed by atoms with Crippen LogP contribution in [0, 0.1) is 13.8 Å². The average Bonchev–Trinajstić information content (AvgIpc) is 3.88. The Labute approximate surface area is 320 Å². The van der Waals surface area contributed by atoms with Gasteiger partial charge in [-0.05, 0) is 93.1 Å². The van der Waals surface area contributed by atoms with Crippen LogP contribution >= 0.6 is 0 Å². The quantitative estimate of drug-likeness (QED) is 0.140. The number of fused-ring (bicyclic) bond motifs is 2. The van der Waals surface area contributed by atoms with E-state index >= 15 is 0 Å². The number of carbonyl (C=O) groups is 1. The molecule has 56 heavy (non-hydrogen) atoms. The number of ether oxygens (including phenoxy) is 3. The number of hydrogen-bond donors (Lipinski definition) is 2. The molecule has 2 fully saturated rings. The Hall–Kier alpha value is -5.25. The molecule has 3 N–H and O–H groups in total. The molecular formula is C41H41F4N5O6. The van der Waals surface area contributed by atoms with Crippen LogP contribution in [0.5, 0.6) is 5.75 Å². The summed E-state index contributed by atoms with van der Waals surface area (Å²) in [6, 6.07) is 13.3. The third-order valence-corrected chi connectivity index (χ3v) is 11.3. The largest absolute Gasteiger partial charge is 0.480 e. The first kappa shape index (κ1) is 37.7. The van der Waals surface area contributed by atoms with Gasteiger partial charge in [0.1, 0.15) is 35.2 Å². The number of nitrogens with two attached hydrogens (primary N) is 1. The summed E-state index contributed by atoms with van der Waals surface area (Å²) in [5.74, 6) is -0.347. The van der Waals surface area contributed by atoms with Gasteiger partial charge in [0.2, 0.25) is 11.8 Å². The highest BCUT2D eigenvalue weighted by molar-refractivity contribution is 5.99. The third kappa shape index (κ3) is 7.14. The topological polar surface area (TPSA) is 136 Å². The number of benzene rings is 3. The van der Waals surface area contributed by atoms with E-state index in [9.17, 15) is 27.5 Å². The van der Waals surface area contributed by atoms with Gasteiger partial charge in [-0.25, -0.2) is 9.98 Å². The summed E-state index contributed by atoms with van der Waals surface area (Å²) < 4.78 is 76.2. The maximum atomic E-state index is 13.5. The number of aliphatic imine (C=N–C) groups is 1. The van der Waals surface area contributed by atoms with Crippen molar-refractivity contribution in [2.45, 2.75) is 83.7 Å². The number of aromatic nitrogens is 1. The van der Waals surface area contributed by atoms with E-state index in [1.54, 1.807) is 17.0 Å². The number of carboxylic acids is 1. The summed E-state index contributed by atoms with van der Waals surface area (Å²) in [7, 11) is 0. The number of likely N-dealkylation sites (tertiary alicyclic amines) is 2. The molecular weight excluding hydrogens is 734 g/mol. The van der Waals surface area contributed by atoms with Crippen LogP contribution in [0.2, 0.25) is 0 Å². The molecule has 1 aromatic heterocycles.